The van der Waals surface area contributed by atoms with Gasteiger partial charge in [-0.2, -0.15) is 0 Å². The van der Waals surface area contributed by atoms with Gasteiger partial charge in [0.15, 0.2) is 11.4 Å². The molecule has 10 nitrogen and oxygen atoms in total. The number of nitrogen functional groups attached to an aromatic ring is 2. The Hall–Kier alpha value is -6.70. The van der Waals surface area contributed by atoms with Crippen LogP contribution in [-0.2, 0) is 13.1 Å². The minimum atomic E-state index is -1.43. The van der Waals surface area contributed by atoms with E-state index in [-0.39, 0.29) is 0 Å². The molecule has 0 unspecified atom stereocenters. The highest BCUT2D eigenvalue weighted by Gasteiger charge is 2.13. The second kappa shape index (κ2) is 17.2. The van der Waals surface area contributed by atoms with Gasteiger partial charge >= 0.3 is 7.12 Å². The first-order valence-corrected chi connectivity index (χ1v) is 17.5. The summed E-state index contributed by atoms with van der Waals surface area (Å²) in [6, 6.07) is 33.9. The van der Waals surface area contributed by atoms with Crippen molar-refractivity contribution in [2.24, 2.45) is 0 Å². The van der Waals surface area contributed by atoms with Gasteiger partial charge in [0.05, 0.1) is 13.1 Å². The number of hydrogen-bond acceptors (Lipinski definition) is 6. The Kier molecular flexibility index (Phi) is 11.8. The van der Waals surface area contributed by atoms with Gasteiger partial charge in [-0.25, -0.2) is 9.69 Å². The van der Waals surface area contributed by atoms with Crippen molar-refractivity contribution in [1.82, 2.24) is 19.1 Å². The van der Waals surface area contributed by atoms with Crippen LogP contribution in [0.3, 0.4) is 0 Å². The quantitative estimate of drug-likeness (QED) is 0.0764. The Balaban J connectivity index is 0.000000151. The van der Waals surface area contributed by atoms with Crippen molar-refractivity contribution in [3.05, 3.63) is 185 Å². The van der Waals surface area contributed by atoms with Crippen LogP contribution in [0.2, 0.25) is 0 Å². The number of aromatic nitrogens is 4. The van der Waals surface area contributed by atoms with E-state index in [1.54, 1.807) is 43.0 Å². The number of rotatable bonds is 6. The largest absolute Gasteiger partial charge is 0.488 e. The van der Waals surface area contributed by atoms with Crippen LogP contribution in [0.5, 0.6) is 0 Å². The van der Waals surface area contributed by atoms with Crippen molar-refractivity contribution in [1.29, 1.82) is 0 Å². The van der Waals surface area contributed by atoms with Gasteiger partial charge in [-0.15, -0.1) is 0 Å². The van der Waals surface area contributed by atoms with Gasteiger partial charge in [-0.05, 0) is 116 Å². The van der Waals surface area contributed by atoms with Crippen LogP contribution in [-0.4, -0.2) is 36.3 Å². The zero-order chi connectivity index (χ0) is 38.0. The number of halogens is 1. The minimum absolute atomic E-state index is 0.417. The molecule has 0 aliphatic heterocycles. The molecule has 6 N–H and O–H groups in total. The molecule has 54 heavy (non-hydrogen) atoms. The Morgan fingerprint density at radius 1 is 0.630 bits per heavy atom. The number of pyridine rings is 2. The normalized spacial score (nSPS) is 10.4. The van der Waals surface area contributed by atoms with Crippen molar-refractivity contribution in [3.63, 3.8) is 0 Å². The van der Waals surface area contributed by atoms with Crippen LogP contribution in [0.25, 0.3) is 42.6 Å². The standard InChI is InChI=1S/C21H16N4.C15H10BrN3.C6H8BNO2/c1-23-18-5-6-21-19(12-18)20(16-3-2-4-17(22)11-16)14-25(21)13-15-7-9-24-10-8-15;1-17-12-2-3-15-13(8-12)14(16)10-19(15)9-11-4-6-18-7-5-11;8-6-3-1-2-5(4-6)7(9)10/h2-12,14H,13,22H2;2-8,10H,9H2;1-4,9-10H,8H2. The van der Waals surface area contributed by atoms with Crippen molar-refractivity contribution >= 4 is 73.1 Å². The molecule has 0 aliphatic carbocycles. The van der Waals surface area contributed by atoms with Crippen LogP contribution in [0.4, 0.5) is 22.7 Å². The molecule has 264 valence electrons. The van der Waals surface area contributed by atoms with Gasteiger partial charge < -0.3 is 30.6 Å². The Bertz CT molecular complexity index is 2610. The summed E-state index contributed by atoms with van der Waals surface area (Å²) in [5.74, 6) is 0. The SMILES string of the molecule is Nc1cccc(B(O)O)c1.[C-]#[N+]c1ccc2c(c1)c(-c1cccc(N)c1)cn2Cc1ccncc1.[C-]#[N+]c1ccc2c(c1)c(Br)cn2Cc1ccncc1. The van der Waals surface area contributed by atoms with E-state index >= 15 is 0 Å². The van der Waals surface area contributed by atoms with Gasteiger partial charge in [0.1, 0.15) is 0 Å². The predicted molar refractivity (Wildman–Crippen MR) is 221 cm³/mol. The maximum atomic E-state index is 8.65. The average molecular weight is 774 g/mol. The molecule has 0 fully saturated rings. The van der Waals surface area contributed by atoms with Gasteiger partial charge in [-0.3, -0.25) is 9.97 Å². The molecule has 0 atom stereocenters. The molecule has 0 amide bonds. The van der Waals surface area contributed by atoms with Crippen molar-refractivity contribution in [2.75, 3.05) is 11.5 Å². The fourth-order valence-corrected chi connectivity index (χ4v) is 6.52. The highest BCUT2D eigenvalue weighted by molar-refractivity contribution is 9.10. The first-order chi connectivity index (χ1) is 26.2. The zero-order valence-corrected chi connectivity index (χ0v) is 30.5. The van der Waals surface area contributed by atoms with Gasteiger partial charge in [0.25, 0.3) is 0 Å². The number of hydrogen-bond donors (Lipinski definition) is 4. The van der Waals surface area contributed by atoms with Crippen molar-refractivity contribution < 1.29 is 10.0 Å². The van der Waals surface area contributed by atoms with Crippen LogP contribution in [0.1, 0.15) is 11.1 Å². The fourth-order valence-electron chi connectivity index (χ4n) is 5.95. The minimum Gasteiger partial charge on any atom is -0.423 e. The van der Waals surface area contributed by atoms with E-state index in [1.165, 1.54) is 17.2 Å². The van der Waals surface area contributed by atoms with Crippen molar-refractivity contribution in [2.45, 2.75) is 13.1 Å². The molecule has 0 spiro atoms. The molecule has 0 radical (unpaired) electrons. The molecule has 4 aromatic heterocycles. The highest BCUT2D eigenvalue weighted by atomic mass is 79.9. The van der Waals surface area contributed by atoms with Crippen LogP contribution in [0, 0.1) is 13.1 Å². The van der Waals surface area contributed by atoms with E-state index in [9.17, 15) is 0 Å². The number of nitrogens with zero attached hydrogens (tertiary/aromatic N) is 6. The van der Waals surface area contributed by atoms with E-state index in [1.807, 2.05) is 84.9 Å². The summed E-state index contributed by atoms with van der Waals surface area (Å²) in [4.78, 5) is 15.1. The molecule has 4 heterocycles. The Labute approximate surface area is 321 Å². The Morgan fingerprint density at radius 3 is 1.67 bits per heavy atom. The third-order valence-corrected chi connectivity index (χ3v) is 9.18. The molecular weight excluding hydrogens is 739 g/mol. The summed E-state index contributed by atoms with van der Waals surface area (Å²) in [6.45, 7) is 15.9. The lowest BCUT2D eigenvalue weighted by atomic mass is 9.80. The van der Waals surface area contributed by atoms with E-state index in [2.05, 4.69) is 57.1 Å². The molecule has 0 aliphatic rings. The smallest absolute Gasteiger partial charge is 0.423 e. The molecule has 12 heteroatoms. The summed E-state index contributed by atoms with van der Waals surface area (Å²) in [6.07, 6.45) is 11.4. The first-order valence-electron chi connectivity index (χ1n) is 16.7. The van der Waals surface area contributed by atoms with Crippen molar-refractivity contribution in [3.8, 4) is 11.1 Å². The molecule has 0 saturated carbocycles. The monoisotopic (exact) mass is 772 g/mol. The van der Waals surface area contributed by atoms with E-state index in [0.29, 0.717) is 22.5 Å². The molecular formula is C42H34BBrN8O2. The van der Waals surface area contributed by atoms with E-state index in [4.69, 9.17) is 34.7 Å². The van der Waals surface area contributed by atoms with Crippen LogP contribution < -0.4 is 16.9 Å². The number of anilines is 2. The second-order valence-corrected chi connectivity index (χ2v) is 13.1. The lowest BCUT2D eigenvalue weighted by molar-refractivity contribution is 0.426. The molecule has 8 aromatic rings. The maximum absolute atomic E-state index is 8.65. The summed E-state index contributed by atoms with van der Waals surface area (Å²) < 4.78 is 5.39. The summed E-state index contributed by atoms with van der Waals surface area (Å²) in [7, 11) is -1.43. The van der Waals surface area contributed by atoms with Gasteiger partial charge in [0, 0.05) is 88.1 Å². The van der Waals surface area contributed by atoms with Crippen LogP contribution >= 0.6 is 15.9 Å². The average Bonchev–Trinajstić information content (AvgIpc) is 3.71. The topological polar surface area (TPSA) is 137 Å². The van der Waals surface area contributed by atoms with Gasteiger partial charge in [0.2, 0.25) is 0 Å². The summed E-state index contributed by atoms with van der Waals surface area (Å²) >= 11 is 3.56. The Morgan fingerprint density at radius 2 is 1.15 bits per heavy atom. The van der Waals surface area contributed by atoms with E-state index in [0.717, 1.165) is 56.2 Å². The van der Waals surface area contributed by atoms with Crippen LogP contribution in [0.15, 0.2) is 151 Å². The highest BCUT2D eigenvalue weighted by Crippen LogP contribution is 2.35. The lowest BCUT2D eigenvalue weighted by Gasteiger charge is -2.05. The first kappa shape index (κ1) is 37.1. The molecule has 0 bridgehead atoms. The number of fused-ring (bicyclic) bond motifs is 2. The molecule has 0 saturated heterocycles. The summed E-state index contributed by atoms with van der Waals surface area (Å²) in [5.41, 5.74) is 21.1. The summed E-state index contributed by atoms with van der Waals surface area (Å²) in [5, 5.41) is 19.4. The van der Waals surface area contributed by atoms with E-state index < -0.39 is 7.12 Å². The number of benzene rings is 4. The second-order valence-electron chi connectivity index (χ2n) is 12.3. The predicted octanol–water partition coefficient (Wildman–Crippen LogP) is 8.23. The number of nitrogens with two attached hydrogens (primary N) is 2. The fraction of sp³-hybridized carbons (Fsp3) is 0.0476. The lowest BCUT2D eigenvalue weighted by Crippen LogP contribution is -2.29. The maximum Gasteiger partial charge on any atom is 0.488 e. The van der Waals surface area contributed by atoms with Gasteiger partial charge in [-0.1, -0.05) is 36.4 Å². The third kappa shape index (κ3) is 9.02. The third-order valence-electron chi connectivity index (χ3n) is 8.55. The molecule has 8 rings (SSSR count). The zero-order valence-electron chi connectivity index (χ0n) is 29.0. The molecule has 4 aromatic carbocycles.